The molecule has 1 aliphatic heterocycles. The van der Waals surface area contributed by atoms with Gasteiger partial charge in [0, 0.05) is 13.6 Å². The summed E-state index contributed by atoms with van der Waals surface area (Å²) >= 11 is 0. The number of carbonyl (C=O) groups excluding carboxylic acids is 1. The second-order valence-corrected chi connectivity index (χ2v) is 6.09. The monoisotopic (exact) mass is 305 g/mol. The normalized spacial score (nSPS) is 17.9. The van der Waals surface area contributed by atoms with Gasteiger partial charge in [-0.3, -0.25) is 18.8 Å². The van der Waals surface area contributed by atoms with Crippen molar-refractivity contribution >= 4 is 16.9 Å². The summed E-state index contributed by atoms with van der Waals surface area (Å²) in [4.78, 5) is 30.9. The van der Waals surface area contributed by atoms with Crippen LogP contribution in [0.3, 0.4) is 0 Å². The Bertz CT molecular complexity index is 776. The van der Waals surface area contributed by atoms with E-state index in [0.717, 1.165) is 0 Å². The van der Waals surface area contributed by atoms with Crippen LogP contribution in [0.25, 0.3) is 11.0 Å². The van der Waals surface area contributed by atoms with Gasteiger partial charge in [0.25, 0.3) is 5.56 Å². The third-order valence-electron chi connectivity index (χ3n) is 3.97. The van der Waals surface area contributed by atoms with Gasteiger partial charge in [0.1, 0.15) is 18.3 Å². The molecule has 8 heteroatoms. The largest absolute Gasteiger partial charge is 0.377 e. The topological polar surface area (TPSA) is 82.2 Å². The van der Waals surface area contributed by atoms with E-state index in [1.165, 1.54) is 21.8 Å². The molecule has 0 unspecified atom stereocenters. The molecule has 0 aromatic carbocycles. The maximum absolute atomic E-state index is 12.5. The van der Waals surface area contributed by atoms with Crippen molar-refractivity contribution in [2.45, 2.75) is 25.9 Å². The highest BCUT2D eigenvalue weighted by Gasteiger charge is 2.34. The summed E-state index contributed by atoms with van der Waals surface area (Å²) in [7, 11) is 1.72. The zero-order valence-electron chi connectivity index (χ0n) is 12.9. The first-order chi connectivity index (χ1) is 10.4. The van der Waals surface area contributed by atoms with E-state index < -0.39 is 0 Å². The average molecular weight is 305 g/mol. The minimum atomic E-state index is -0.370. The van der Waals surface area contributed by atoms with Gasteiger partial charge in [-0.2, -0.15) is 5.10 Å². The standard InChI is InChI=1S/C14H19N5O3/c1-14(2)8-22-5-4-19(14)11(20)7-18-9-15-12-10(13(18)21)6-16-17(12)3/h6,9H,4-5,7-8H2,1-3H3. The lowest BCUT2D eigenvalue weighted by molar-refractivity contribution is -0.147. The van der Waals surface area contributed by atoms with Crippen LogP contribution in [0.2, 0.25) is 0 Å². The van der Waals surface area contributed by atoms with Gasteiger partial charge in [-0.15, -0.1) is 0 Å². The number of morpholine rings is 1. The molecule has 1 amide bonds. The van der Waals surface area contributed by atoms with Crippen LogP contribution in [0.1, 0.15) is 13.8 Å². The minimum Gasteiger partial charge on any atom is -0.377 e. The van der Waals surface area contributed by atoms with Crippen molar-refractivity contribution in [1.82, 2.24) is 24.2 Å². The van der Waals surface area contributed by atoms with Gasteiger partial charge in [0.15, 0.2) is 5.65 Å². The molecule has 0 N–H and O–H groups in total. The SMILES string of the molecule is Cn1ncc2c(=O)n(CC(=O)N3CCOCC3(C)C)cnc21. The fourth-order valence-electron chi connectivity index (χ4n) is 2.73. The summed E-state index contributed by atoms with van der Waals surface area (Å²) in [5.74, 6) is -0.111. The van der Waals surface area contributed by atoms with Crippen LogP contribution in [-0.2, 0) is 23.1 Å². The third kappa shape index (κ3) is 2.39. The molecule has 118 valence electrons. The van der Waals surface area contributed by atoms with Crippen LogP contribution in [-0.4, -0.2) is 55.4 Å². The zero-order chi connectivity index (χ0) is 15.9. The lowest BCUT2D eigenvalue weighted by Gasteiger charge is -2.42. The summed E-state index contributed by atoms with van der Waals surface area (Å²) in [5.41, 5.74) is -0.108. The molecule has 0 radical (unpaired) electrons. The molecule has 0 bridgehead atoms. The Morgan fingerprint density at radius 2 is 2.23 bits per heavy atom. The van der Waals surface area contributed by atoms with E-state index in [-0.39, 0.29) is 23.6 Å². The number of rotatable bonds is 2. The zero-order valence-corrected chi connectivity index (χ0v) is 12.9. The van der Waals surface area contributed by atoms with Gasteiger partial charge in [-0.25, -0.2) is 4.98 Å². The first kappa shape index (κ1) is 14.7. The quantitative estimate of drug-likeness (QED) is 0.765. The second-order valence-electron chi connectivity index (χ2n) is 6.09. The van der Waals surface area contributed by atoms with E-state index in [9.17, 15) is 9.59 Å². The summed E-state index contributed by atoms with van der Waals surface area (Å²) in [5, 5.41) is 4.43. The third-order valence-corrected chi connectivity index (χ3v) is 3.97. The highest BCUT2D eigenvalue weighted by Crippen LogP contribution is 2.19. The maximum Gasteiger partial charge on any atom is 0.264 e. The Morgan fingerprint density at radius 1 is 1.45 bits per heavy atom. The molecule has 3 heterocycles. The molecule has 0 aliphatic carbocycles. The van der Waals surface area contributed by atoms with Crippen molar-refractivity contribution in [1.29, 1.82) is 0 Å². The minimum absolute atomic E-state index is 0.0277. The van der Waals surface area contributed by atoms with Crippen molar-refractivity contribution in [2.24, 2.45) is 7.05 Å². The molecule has 22 heavy (non-hydrogen) atoms. The maximum atomic E-state index is 12.5. The Kier molecular flexibility index (Phi) is 3.48. The van der Waals surface area contributed by atoms with Gasteiger partial charge < -0.3 is 9.64 Å². The fourth-order valence-corrected chi connectivity index (χ4v) is 2.73. The summed E-state index contributed by atoms with van der Waals surface area (Å²) in [6.07, 6.45) is 2.88. The molecule has 2 aromatic rings. The van der Waals surface area contributed by atoms with Crippen molar-refractivity contribution in [2.75, 3.05) is 19.8 Å². The number of amides is 1. The number of nitrogens with zero attached hydrogens (tertiary/aromatic N) is 5. The lowest BCUT2D eigenvalue weighted by atomic mass is 10.0. The Morgan fingerprint density at radius 3 is 2.95 bits per heavy atom. The lowest BCUT2D eigenvalue weighted by Crippen LogP contribution is -2.56. The molecule has 1 saturated heterocycles. The number of carbonyl (C=O) groups is 1. The van der Waals surface area contributed by atoms with Gasteiger partial charge in [-0.1, -0.05) is 0 Å². The van der Waals surface area contributed by atoms with E-state index in [2.05, 4.69) is 10.1 Å². The number of aryl methyl sites for hydroxylation is 1. The van der Waals surface area contributed by atoms with Crippen molar-refractivity contribution in [3.05, 3.63) is 22.9 Å². The predicted octanol–water partition coefficient (Wildman–Crippen LogP) is -0.233. The molecule has 0 atom stereocenters. The average Bonchev–Trinajstić information content (AvgIpc) is 2.83. The van der Waals surface area contributed by atoms with E-state index in [1.54, 1.807) is 11.9 Å². The van der Waals surface area contributed by atoms with Gasteiger partial charge >= 0.3 is 0 Å². The van der Waals surface area contributed by atoms with Crippen LogP contribution in [0.15, 0.2) is 17.3 Å². The number of fused-ring (bicyclic) bond motifs is 1. The molecule has 2 aromatic heterocycles. The predicted molar refractivity (Wildman–Crippen MR) is 79.4 cm³/mol. The van der Waals surface area contributed by atoms with Crippen LogP contribution in [0.4, 0.5) is 0 Å². The Balaban J connectivity index is 1.88. The second kappa shape index (κ2) is 5.20. The number of ether oxygens (including phenoxy) is 1. The van der Waals surface area contributed by atoms with Crippen molar-refractivity contribution in [3.8, 4) is 0 Å². The number of aromatic nitrogens is 4. The molecular formula is C14H19N5O3. The molecule has 0 saturated carbocycles. The highest BCUT2D eigenvalue weighted by molar-refractivity contribution is 5.78. The first-order valence-corrected chi connectivity index (χ1v) is 7.15. The highest BCUT2D eigenvalue weighted by atomic mass is 16.5. The van der Waals surface area contributed by atoms with Gasteiger partial charge in [-0.05, 0) is 13.8 Å². The Hall–Kier alpha value is -2.22. The fraction of sp³-hybridized carbons (Fsp3) is 0.571. The van der Waals surface area contributed by atoms with E-state index >= 15 is 0 Å². The number of hydrogen-bond donors (Lipinski definition) is 0. The van der Waals surface area contributed by atoms with Crippen molar-refractivity contribution in [3.63, 3.8) is 0 Å². The van der Waals surface area contributed by atoms with Crippen LogP contribution in [0.5, 0.6) is 0 Å². The summed E-state index contributed by atoms with van der Waals surface area (Å²) in [6.45, 7) is 5.42. The molecule has 0 spiro atoms. The first-order valence-electron chi connectivity index (χ1n) is 7.15. The molecule has 1 fully saturated rings. The Labute approximate surface area is 127 Å². The summed E-state index contributed by atoms with van der Waals surface area (Å²) < 4.78 is 8.28. The van der Waals surface area contributed by atoms with Gasteiger partial charge in [0.05, 0.1) is 24.9 Å². The van der Waals surface area contributed by atoms with E-state index in [0.29, 0.717) is 30.8 Å². The van der Waals surface area contributed by atoms with Crippen LogP contribution in [0, 0.1) is 0 Å². The van der Waals surface area contributed by atoms with E-state index in [4.69, 9.17) is 4.74 Å². The molecular weight excluding hydrogens is 286 g/mol. The smallest absolute Gasteiger partial charge is 0.264 e. The van der Waals surface area contributed by atoms with Crippen LogP contribution < -0.4 is 5.56 Å². The molecule has 3 rings (SSSR count). The number of hydrogen-bond acceptors (Lipinski definition) is 5. The molecule has 1 aliphatic rings. The van der Waals surface area contributed by atoms with Crippen molar-refractivity contribution < 1.29 is 9.53 Å². The molecule has 8 nitrogen and oxygen atoms in total. The summed E-state index contributed by atoms with van der Waals surface area (Å²) in [6, 6.07) is 0. The van der Waals surface area contributed by atoms with E-state index in [1.807, 2.05) is 13.8 Å². The van der Waals surface area contributed by atoms with Gasteiger partial charge in [0.2, 0.25) is 5.91 Å². The van der Waals surface area contributed by atoms with Crippen LogP contribution >= 0.6 is 0 Å².